The highest BCUT2D eigenvalue weighted by Crippen LogP contribution is 2.24. The van der Waals surface area contributed by atoms with Gasteiger partial charge in [-0.2, -0.15) is 4.68 Å². The van der Waals surface area contributed by atoms with E-state index in [-0.39, 0.29) is 0 Å². The van der Waals surface area contributed by atoms with Crippen LogP contribution < -0.4 is 0 Å². The second-order valence-electron chi connectivity index (χ2n) is 3.99. The van der Waals surface area contributed by atoms with Crippen LogP contribution in [0.5, 0.6) is 0 Å². The molecule has 1 aromatic heterocycles. The van der Waals surface area contributed by atoms with Crippen molar-refractivity contribution < 1.29 is 0 Å². The molecule has 2 rings (SSSR count). The van der Waals surface area contributed by atoms with Gasteiger partial charge in [-0.3, -0.25) is 0 Å². The van der Waals surface area contributed by atoms with Crippen LogP contribution in [-0.4, -0.2) is 20.2 Å². The topological polar surface area (TPSA) is 43.6 Å². The molecule has 0 aliphatic rings. The molecule has 0 bridgehead atoms. The molecule has 0 saturated heterocycles. The van der Waals surface area contributed by atoms with Crippen LogP contribution in [0.4, 0.5) is 0 Å². The second kappa shape index (κ2) is 4.33. The molecule has 1 aromatic carbocycles. The molecule has 0 atom stereocenters. The zero-order valence-corrected chi connectivity index (χ0v) is 11.1. The molecule has 0 saturated carbocycles. The van der Waals surface area contributed by atoms with Crippen LogP contribution in [0.15, 0.2) is 22.7 Å². The van der Waals surface area contributed by atoms with Gasteiger partial charge in [0, 0.05) is 10.4 Å². The van der Waals surface area contributed by atoms with Crippen molar-refractivity contribution in [3.63, 3.8) is 0 Å². The number of aromatic nitrogens is 4. The Hall–Kier alpha value is -1.23. The molecule has 84 valence electrons. The summed E-state index contributed by atoms with van der Waals surface area (Å²) in [4.78, 5) is 0. The fourth-order valence-corrected chi connectivity index (χ4v) is 1.91. The Morgan fingerprint density at radius 1 is 1.31 bits per heavy atom. The van der Waals surface area contributed by atoms with Gasteiger partial charge in [-0.15, -0.1) is 5.10 Å². The normalized spacial score (nSPS) is 11.1. The summed E-state index contributed by atoms with van der Waals surface area (Å²) in [6, 6.07) is 6.01. The van der Waals surface area contributed by atoms with E-state index in [2.05, 4.69) is 45.3 Å². The van der Waals surface area contributed by atoms with Crippen molar-refractivity contribution in [1.82, 2.24) is 20.2 Å². The van der Waals surface area contributed by atoms with Gasteiger partial charge in [-0.1, -0.05) is 35.8 Å². The summed E-state index contributed by atoms with van der Waals surface area (Å²) < 4.78 is 2.86. The van der Waals surface area contributed by atoms with Crippen molar-refractivity contribution >= 4 is 15.9 Å². The molecule has 4 nitrogen and oxygen atoms in total. The van der Waals surface area contributed by atoms with E-state index in [1.807, 2.05) is 25.1 Å². The van der Waals surface area contributed by atoms with Crippen molar-refractivity contribution in [2.45, 2.75) is 26.7 Å². The lowest BCUT2D eigenvalue weighted by atomic mass is 10.1. The van der Waals surface area contributed by atoms with Gasteiger partial charge in [0.05, 0.1) is 5.69 Å². The molecule has 0 N–H and O–H groups in total. The van der Waals surface area contributed by atoms with E-state index in [1.165, 1.54) is 0 Å². The number of nitrogens with zero attached hydrogens (tertiary/aromatic N) is 4. The molecule has 1 heterocycles. The maximum absolute atomic E-state index is 4.05. The SMILES string of the molecule is Cc1c(Br)cccc1-n1nnnc1C(C)C. The fourth-order valence-electron chi connectivity index (χ4n) is 1.55. The maximum Gasteiger partial charge on any atom is 0.159 e. The van der Waals surface area contributed by atoms with Gasteiger partial charge in [0.1, 0.15) is 0 Å². The van der Waals surface area contributed by atoms with Crippen molar-refractivity contribution in [3.05, 3.63) is 34.1 Å². The van der Waals surface area contributed by atoms with E-state index in [1.54, 1.807) is 4.68 Å². The molecule has 0 radical (unpaired) electrons. The molecule has 0 unspecified atom stereocenters. The van der Waals surface area contributed by atoms with Gasteiger partial charge < -0.3 is 0 Å². The Balaban J connectivity index is 2.59. The first kappa shape index (κ1) is 11.3. The van der Waals surface area contributed by atoms with Crippen LogP contribution in [-0.2, 0) is 0 Å². The van der Waals surface area contributed by atoms with E-state index in [0.717, 1.165) is 21.5 Å². The van der Waals surface area contributed by atoms with Crippen molar-refractivity contribution in [3.8, 4) is 5.69 Å². The van der Waals surface area contributed by atoms with Crippen molar-refractivity contribution in [2.24, 2.45) is 0 Å². The first-order valence-corrected chi connectivity index (χ1v) is 5.94. The van der Waals surface area contributed by atoms with Gasteiger partial charge >= 0.3 is 0 Å². The highest BCUT2D eigenvalue weighted by molar-refractivity contribution is 9.10. The van der Waals surface area contributed by atoms with Gasteiger partial charge in [-0.25, -0.2) is 0 Å². The highest BCUT2D eigenvalue weighted by atomic mass is 79.9. The molecule has 0 spiro atoms. The minimum absolute atomic E-state index is 0.299. The van der Waals surface area contributed by atoms with Crippen LogP contribution in [0.1, 0.15) is 31.2 Å². The second-order valence-corrected chi connectivity index (χ2v) is 4.84. The lowest BCUT2D eigenvalue weighted by Gasteiger charge is -2.10. The van der Waals surface area contributed by atoms with E-state index >= 15 is 0 Å². The Kier molecular flexibility index (Phi) is 3.05. The molecule has 5 heteroatoms. The number of hydrogen-bond acceptors (Lipinski definition) is 3. The third-order valence-electron chi connectivity index (χ3n) is 2.48. The fraction of sp³-hybridized carbons (Fsp3) is 0.364. The Morgan fingerprint density at radius 2 is 2.06 bits per heavy atom. The molecule has 2 aromatic rings. The predicted molar refractivity (Wildman–Crippen MR) is 65.7 cm³/mol. The average molecular weight is 281 g/mol. The quantitative estimate of drug-likeness (QED) is 0.850. The van der Waals surface area contributed by atoms with Crippen molar-refractivity contribution in [2.75, 3.05) is 0 Å². The van der Waals surface area contributed by atoms with Crippen LogP contribution in [0.25, 0.3) is 5.69 Å². The lowest BCUT2D eigenvalue weighted by Crippen LogP contribution is -2.06. The standard InChI is InChI=1S/C11H13BrN4/c1-7(2)11-13-14-15-16(11)10-6-4-5-9(12)8(10)3/h4-7H,1-3H3. The summed E-state index contributed by atoms with van der Waals surface area (Å²) in [5, 5.41) is 11.8. The largest absolute Gasteiger partial charge is 0.197 e. The van der Waals surface area contributed by atoms with Crippen LogP contribution in [0.2, 0.25) is 0 Å². The van der Waals surface area contributed by atoms with Crippen LogP contribution in [0.3, 0.4) is 0 Å². The number of halogens is 1. The summed E-state index contributed by atoms with van der Waals surface area (Å²) in [7, 11) is 0. The summed E-state index contributed by atoms with van der Waals surface area (Å²) in [5.74, 6) is 1.18. The molecule has 16 heavy (non-hydrogen) atoms. The zero-order chi connectivity index (χ0) is 11.7. The molecular weight excluding hydrogens is 268 g/mol. The number of tetrazole rings is 1. The van der Waals surface area contributed by atoms with Crippen LogP contribution in [0, 0.1) is 6.92 Å². The third-order valence-corrected chi connectivity index (χ3v) is 3.34. The molecule has 0 aliphatic carbocycles. The van der Waals surface area contributed by atoms with E-state index < -0.39 is 0 Å². The lowest BCUT2D eigenvalue weighted by molar-refractivity contribution is 0.707. The van der Waals surface area contributed by atoms with Gasteiger partial charge in [0.15, 0.2) is 5.82 Å². The molecule has 0 aliphatic heterocycles. The van der Waals surface area contributed by atoms with E-state index in [4.69, 9.17) is 0 Å². The van der Waals surface area contributed by atoms with Crippen molar-refractivity contribution in [1.29, 1.82) is 0 Å². The summed E-state index contributed by atoms with van der Waals surface area (Å²) in [6.07, 6.45) is 0. The van der Waals surface area contributed by atoms with E-state index in [9.17, 15) is 0 Å². The minimum atomic E-state index is 0.299. The molecular formula is C11H13BrN4. The third kappa shape index (κ3) is 1.87. The monoisotopic (exact) mass is 280 g/mol. The van der Waals surface area contributed by atoms with Gasteiger partial charge in [0.25, 0.3) is 0 Å². The van der Waals surface area contributed by atoms with Gasteiger partial charge in [-0.05, 0) is 35.0 Å². The average Bonchev–Trinajstić information content (AvgIpc) is 2.70. The summed E-state index contributed by atoms with van der Waals surface area (Å²) >= 11 is 3.51. The summed E-state index contributed by atoms with van der Waals surface area (Å²) in [6.45, 7) is 6.20. The number of benzene rings is 1. The Morgan fingerprint density at radius 3 is 2.75 bits per heavy atom. The minimum Gasteiger partial charge on any atom is -0.197 e. The Bertz CT molecular complexity index is 504. The zero-order valence-electron chi connectivity index (χ0n) is 9.48. The number of rotatable bonds is 2. The molecule has 0 fully saturated rings. The first-order chi connectivity index (χ1) is 7.61. The van der Waals surface area contributed by atoms with E-state index in [0.29, 0.717) is 5.92 Å². The summed E-state index contributed by atoms with van der Waals surface area (Å²) in [5.41, 5.74) is 2.15. The van der Waals surface area contributed by atoms with Crippen LogP contribution >= 0.6 is 15.9 Å². The molecule has 0 amide bonds. The predicted octanol–water partition coefficient (Wildman–Crippen LogP) is 2.86. The number of hydrogen-bond donors (Lipinski definition) is 0. The maximum atomic E-state index is 4.05. The first-order valence-electron chi connectivity index (χ1n) is 5.15. The highest BCUT2D eigenvalue weighted by Gasteiger charge is 2.13. The van der Waals surface area contributed by atoms with Gasteiger partial charge in [0.2, 0.25) is 0 Å². The Labute approximate surface area is 103 Å². The smallest absolute Gasteiger partial charge is 0.159 e.